The number of hydrogen-bond acceptors (Lipinski definition) is 4. The lowest BCUT2D eigenvalue weighted by Crippen LogP contribution is -2.35. The molecule has 0 bridgehead atoms. The summed E-state index contributed by atoms with van der Waals surface area (Å²) in [6.45, 7) is 5.98. The van der Waals surface area contributed by atoms with E-state index in [1.54, 1.807) is 12.1 Å². The van der Waals surface area contributed by atoms with Crippen LogP contribution in [-0.2, 0) is 0 Å². The zero-order valence-electron chi connectivity index (χ0n) is 12.7. The Morgan fingerprint density at radius 3 is 2.62 bits per heavy atom. The van der Waals surface area contributed by atoms with Crippen molar-refractivity contribution in [2.75, 3.05) is 13.2 Å². The zero-order chi connectivity index (χ0) is 15.2. The van der Waals surface area contributed by atoms with E-state index in [9.17, 15) is 10.1 Å². The molecule has 1 saturated carbocycles. The molecule has 0 radical (unpaired) electrons. The number of ether oxygens (including phenoxy) is 1. The molecule has 1 aliphatic rings. The molecule has 1 aromatic carbocycles. The lowest BCUT2D eigenvalue weighted by atomic mass is 9.93. The summed E-state index contributed by atoms with van der Waals surface area (Å²) in [7, 11) is 0. The van der Waals surface area contributed by atoms with Crippen molar-refractivity contribution in [3.63, 3.8) is 0 Å². The maximum atomic E-state index is 10.6. The molecule has 0 heterocycles. The average Bonchev–Trinajstić information content (AvgIpc) is 2.84. The molecule has 3 atom stereocenters. The van der Waals surface area contributed by atoms with Gasteiger partial charge in [-0.2, -0.15) is 0 Å². The number of nitrogens with one attached hydrogen (secondary N) is 1. The van der Waals surface area contributed by atoms with Gasteiger partial charge in [0, 0.05) is 24.7 Å². The standard InChI is InChI=1S/C16H24N2O3/c1-3-13-4-9-16(12(13)2)17-10-11-21-15-7-5-14(6-8-15)18(19)20/h5-8,12-13,16-17H,3-4,9-11H2,1-2H3. The molecule has 1 N–H and O–H groups in total. The minimum Gasteiger partial charge on any atom is -0.492 e. The van der Waals surface area contributed by atoms with Crippen LogP contribution < -0.4 is 10.1 Å². The van der Waals surface area contributed by atoms with Crippen molar-refractivity contribution in [3.05, 3.63) is 34.4 Å². The fraction of sp³-hybridized carbons (Fsp3) is 0.625. The van der Waals surface area contributed by atoms with Crippen LogP contribution in [-0.4, -0.2) is 24.1 Å². The zero-order valence-corrected chi connectivity index (χ0v) is 12.7. The molecule has 0 amide bonds. The van der Waals surface area contributed by atoms with E-state index >= 15 is 0 Å². The van der Waals surface area contributed by atoms with E-state index in [1.165, 1.54) is 31.4 Å². The van der Waals surface area contributed by atoms with Gasteiger partial charge >= 0.3 is 0 Å². The van der Waals surface area contributed by atoms with E-state index in [2.05, 4.69) is 19.2 Å². The van der Waals surface area contributed by atoms with Crippen molar-refractivity contribution in [1.82, 2.24) is 5.32 Å². The van der Waals surface area contributed by atoms with Crippen LogP contribution in [0.1, 0.15) is 33.1 Å². The summed E-state index contributed by atoms with van der Waals surface area (Å²) in [5.41, 5.74) is 0.0888. The van der Waals surface area contributed by atoms with Crippen LogP contribution in [0.4, 0.5) is 5.69 Å². The maximum absolute atomic E-state index is 10.6. The summed E-state index contributed by atoms with van der Waals surface area (Å²) in [5, 5.41) is 14.1. The largest absolute Gasteiger partial charge is 0.492 e. The van der Waals surface area contributed by atoms with Gasteiger partial charge in [0.15, 0.2) is 0 Å². The third kappa shape index (κ3) is 4.17. The summed E-state index contributed by atoms with van der Waals surface area (Å²) in [6.07, 6.45) is 3.83. The van der Waals surface area contributed by atoms with E-state index < -0.39 is 4.92 Å². The van der Waals surface area contributed by atoms with Crippen LogP contribution in [0, 0.1) is 22.0 Å². The van der Waals surface area contributed by atoms with Crippen LogP contribution >= 0.6 is 0 Å². The molecule has 2 rings (SSSR count). The van der Waals surface area contributed by atoms with Crippen molar-refractivity contribution in [2.24, 2.45) is 11.8 Å². The van der Waals surface area contributed by atoms with Crippen LogP contribution in [0.5, 0.6) is 5.75 Å². The van der Waals surface area contributed by atoms with E-state index in [-0.39, 0.29) is 5.69 Å². The van der Waals surface area contributed by atoms with Gasteiger partial charge in [0.2, 0.25) is 0 Å². The number of nitro benzene ring substituents is 1. The SMILES string of the molecule is CCC1CCC(NCCOc2ccc([N+](=O)[O-])cc2)C1C. The summed E-state index contributed by atoms with van der Waals surface area (Å²) < 4.78 is 5.60. The highest BCUT2D eigenvalue weighted by Gasteiger charge is 2.30. The topological polar surface area (TPSA) is 64.4 Å². The molecule has 0 saturated heterocycles. The van der Waals surface area contributed by atoms with Crippen LogP contribution in [0.15, 0.2) is 24.3 Å². The van der Waals surface area contributed by atoms with Crippen molar-refractivity contribution < 1.29 is 9.66 Å². The van der Waals surface area contributed by atoms with Crippen molar-refractivity contribution in [2.45, 2.75) is 39.2 Å². The molecule has 0 aliphatic heterocycles. The Kier molecular flexibility index (Phi) is 5.56. The number of non-ortho nitro benzene ring substituents is 1. The fourth-order valence-electron chi connectivity index (χ4n) is 3.19. The third-order valence-corrected chi connectivity index (χ3v) is 4.58. The smallest absolute Gasteiger partial charge is 0.269 e. The lowest BCUT2D eigenvalue weighted by molar-refractivity contribution is -0.384. The quantitative estimate of drug-likeness (QED) is 0.475. The molecule has 5 nitrogen and oxygen atoms in total. The summed E-state index contributed by atoms with van der Waals surface area (Å²) in [6, 6.07) is 6.81. The van der Waals surface area contributed by atoms with Crippen molar-refractivity contribution in [3.8, 4) is 5.75 Å². The Labute approximate surface area is 125 Å². The second-order valence-corrected chi connectivity index (χ2v) is 5.76. The first-order chi connectivity index (χ1) is 10.1. The first kappa shape index (κ1) is 15.8. The molecule has 21 heavy (non-hydrogen) atoms. The first-order valence-corrected chi connectivity index (χ1v) is 7.72. The van der Waals surface area contributed by atoms with Gasteiger partial charge in [-0.25, -0.2) is 0 Å². The van der Waals surface area contributed by atoms with Gasteiger partial charge in [0.05, 0.1) is 4.92 Å². The summed E-state index contributed by atoms with van der Waals surface area (Å²) in [4.78, 5) is 10.2. The van der Waals surface area contributed by atoms with Gasteiger partial charge in [0.25, 0.3) is 5.69 Å². The van der Waals surface area contributed by atoms with Crippen molar-refractivity contribution in [1.29, 1.82) is 0 Å². The van der Waals surface area contributed by atoms with Crippen LogP contribution in [0.2, 0.25) is 0 Å². The fourth-order valence-corrected chi connectivity index (χ4v) is 3.19. The van der Waals surface area contributed by atoms with Crippen LogP contribution in [0.25, 0.3) is 0 Å². The average molecular weight is 292 g/mol. The molecule has 0 spiro atoms. The van der Waals surface area contributed by atoms with Gasteiger partial charge in [0.1, 0.15) is 12.4 Å². The molecule has 1 fully saturated rings. The Balaban J connectivity index is 1.69. The highest BCUT2D eigenvalue weighted by molar-refractivity contribution is 5.35. The second kappa shape index (κ2) is 7.41. The van der Waals surface area contributed by atoms with E-state index in [0.717, 1.165) is 18.4 Å². The molecule has 5 heteroatoms. The first-order valence-electron chi connectivity index (χ1n) is 7.72. The number of nitro groups is 1. The second-order valence-electron chi connectivity index (χ2n) is 5.76. The summed E-state index contributed by atoms with van der Waals surface area (Å²) >= 11 is 0. The molecule has 1 aromatic rings. The lowest BCUT2D eigenvalue weighted by Gasteiger charge is -2.21. The Morgan fingerprint density at radius 2 is 2.05 bits per heavy atom. The molecule has 3 unspecified atom stereocenters. The van der Waals surface area contributed by atoms with E-state index in [4.69, 9.17) is 4.74 Å². The highest BCUT2D eigenvalue weighted by atomic mass is 16.6. The normalized spacial score (nSPS) is 25.0. The molecule has 116 valence electrons. The third-order valence-electron chi connectivity index (χ3n) is 4.58. The van der Waals surface area contributed by atoms with Gasteiger partial charge in [-0.15, -0.1) is 0 Å². The number of nitrogens with zero attached hydrogens (tertiary/aromatic N) is 1. The summed E-state index contributed by atoms with van der Waals surface area (Å²) in [5.74, 6) is 2.25. The van der Waals surface area contributed by atoms with E-state index in [0.29, 0.717) is 18.4 Å². The monoisotopic (exact) mass is 292 g/mol. The molecule has 1 aliphatic carbocycles. The predicted molar refractivity (Wildman–Crippen MR) is 82.6 cm³/mol. The molecule has 0 aromatic heterocycles. The minimum absolute atomic E-state index is 0.0888. The number of hydrogen-bond donors (Lipinski definition) is 1. The van der Waals surface area contributed by atoms with E-state index in [1.807, 2.05) is 0 Å². The van der Waals surface area contributed by atoms with Gasteiger partial charge < -0.3 is 10.1 Å². The minimum atomic E-state index is -0.406. The molecular weight excluding hydrogens is 268 g/mol. The number of rotatable bonds is 7. The van der Waals surface area contributed by atoms with Gasteiger partial charge in [-0.3, -0.25) is 10.1 Å². The van der Waals surface area contributed by atoms with Gasteiger partial charge in [-0.1, -0.05) is 20.3 Å². The van der Waals surface area contributed by atoms with Crippen LogP contribution in [0.3, 0.4) is 0 Å². The van der Waals surface area contributed by atoms with Crippen molar-refractivity contribution >= 4 is 5.69 Å². The Morgan fingerprint density at radius 1 is 1.33 bits per heavy atom. The molecular formula is C16H24N2O3. The predicted octanol–water partition coefficient (Wildman–Crippen LogP) is 3.39. The Hall–Kier alpha value is -1.62. The highest BCUT2D eigenvalue weighted by Crippen LogP contribution is 2.33. The maximum Gasteiger partial charge on any atom is 0.269 e. The number of benzene rings is 1. The van der Waals surface area contributed by atoms with Gasteiger partial charge in [-0.05, 0) is 36.8 Å². The Bertz CT molecular complexity index is 461.